The van der Waals surface area contributed by atoms with Gasteiger partial charge in [0.1, 0.15) is 23.2 Å². The van der Waals surface area contributed by atoms with Gasteiger partial charge < -0.3 is 15.0 Å². The fraction of sp³-hybridized carbons (Fsp3) is 0.125. The van der Waals surface area contributed by atoms with E-state index in [0.29, 0.717) is 24.0 Å². The van der Waals surface area contributed by atoms with Crippen LogP contribution in [0.15, 0.2) is 48.7 Å². The molecule has 0 bridgehead atoms. The average Bonchev–Trinajstić information content (AvgIpc) is 2.95. The van der Waals surface area contributed by atoms with Gasteiger partial charge in [0.25, 0.3) is 5.91 Å². The molecule has 2 N–H and O–H groups in total. The topological polar surface area (TPSA) is 67.0 Å². The summed E-state index contributed by atoms with van der Waals surface area (Å²) in [5.74, 6) is 0.590. The van der Waals surface area contributed by atoms with Gasteiger partial charge >= 0.3 is 0 Å². The number of nitrogens with zero attached hydrogens (tertiary/aromatic N) is 1. The molecule has 0 radical (unpaired) electrons. The Labute approximate surface area is 132 Å². The molecule has 3 rings (SSSR count). The Morgan fingerprint density at radius 2 is 2.09 bits per heavy atom. The number of H-pyrrole nitrogens is 1. The second-order valence-corrected chi connectivity index (χ2v) is 5.08. The van der Waals surface area contributed by atoms with Crippen molar-refractivity contribution in [2.24, 2.45) is 0 Å². The van der Waals surface area contributed by atoms with Crippen molar-refractivity contribution in [2.75, 3.05) is 13.2 Å². The molecule has 0 aliphatic heterocycles. The summed E-state index contributed by atoms with van der Waals surface area (Å²) in [5, 5.41) is 4.05. The van der Waals surface area contributed by atoms with Gasteiger partial charge in [-0.15, -0.1) is 0 Å². The number of carbonyl (C=O) groups is 1. The van der Waals surface area contributed by atoms with E-state index in [9.17, 15) is 4.79 Å². The number of rotatable bonds is 5. The molecule has 22 heavy (non-hydrogen) atoms. The molecule has 1 amide bonds. The van der Waals surface area contributed by atoms with E-state index in [1.807, 2.05) is 30.3 Å². The van der Waals surface area contributed by atoms with E-state index in [4.69, 9.17) is 16.3 Å². The van der Waals surface area contributed by atoms with Gasteiger partial charge in [0.05, 0.1) is 18.3 Å². The van der Waals surface area contributed by atoms with Crippen molar-refractivity contribution in [1.29, 1.82) is 0 Å². The molecule has 3 aromatic rings. The Balaban J connectivity index is 1.54. The maximum Gasteiger partial charge on any atom is 0.267 e. The zero-order valence-electron chi connectivity index (χ0n) is 11.7. The maximum atomic E-state index is 12.1. The largest absolute Gasteiger partial charge is 0.492 e. The van der Waals surface area contributed by atoms with Crippen LogP contribution in [-0.2, 0) is 0 Å². The van der Waals surface area contributed by atoms with Crippen molar-refractivity contribution < 1.29 is 9.53 Å². The first-order chi connectivity index (χ1) is 10.7. The third kappa shape index (κ3) is 3.38. The SMILES string of the molecule is O=C(NCCOc1ccccc1)c1cc2cc(Cl)ncc2[nH]1. The van der Waals surface area contributed by atoms with Crippen LogP contribution in [0, 0.1) is 0 Å². The molecule has 5 nitrogen and oxygen atoms in total. The van der Waals surface area contributed by atoms with E-state index in [-0.39, 0.29) is 5.91 Å². The third-order valence-electron chi connectivity index (χ3n) is 3.12. The van der Waals surface area contributed by atoms with E-state index < -0.39 is 0 Å². The number of halogens is 1. The van der Waals surface area contributed by atoms with Crippen LogP contribution >= 0.6 is 11.6 Å². The molecule has 1 aromatic carbocycles. The van der Waals surface area contributed by atoms with Gasteiger partial charge in [-0.3, -0.25) is 4.79 Å². The summed E-state index contributed by atoms with van der Waals surface area (Å²) in [4.78, 5) is 19.0. The molecule has 0 spiro atoms. The Morgan fingerprint density at radius 3 is 2.91 bits per heavy atom. The molecule has 6 heteroatoms. The molecule has 112 valence electrons. The highest BCUT2D eigenvalue weighted by Crippen LogP contribution is 2.17. The second kappa shape index (κ2) is 6.49. The zero-order chi connectivity index (χ0) is 15.4. The van der Waals surface area contributed by atoms with E-state index >= 15 is 0 Å². The fourth-order valence-corrected chi connectivity index (χ4v) is 2.24. The van der Waals surface area contributed by atoms with Crippen LogP contribution in [0.1, 0.15) is 10.5 Å². The lowest BCUT2D eigenvalue weighted by atomic mass is 10.3. The smallest absolute Gasteiger partial charge is 0.267 e. The molecule has 0 saturated heterocycles. The van der Waals surface area contributed by atoms with E-state index in [2.05, 4.69) is 15.3 Å². The minimum atomic E-state index is -0.191. The number of hydrogen-bond acceptors (Lipinski definition) is 3. The minimum absolute atomic E-state index is 0.191. The van der Waals surface area contributed by atoms with Crippen LogP contribution in [0.3, 0.4) is 0 Å². The number of nitrogens with one attached hydrogen (secondary N) is 2. The van der Waals surface area contributed by atoms with E-state index in [1.165, 1.54) is 0 Å². The first-order valence-corrected chi connectivity index (χ1v) is 7.20. The summed E-state index contributed by atoms with van der Waals surface area (Å²) in [7, 11) is 0. The number of amides is 1. The quantitative estimate of drug-likeness (QED) is 0.562. The summed E-state index contributed by atoms with van der Waals surface area (Å²) in [6, 6.07) is 12.9. The summed E-state index contributed by atoms with van der Waals surface area (Å²) in [6.45, 7) is 0.825. The van der Waals surface area contributed by atoms with Gasteiger partial charge in [0, 0.05) is 5.39 Å². The molecule has 0 aliphatic rings. The summed E-state index contributed by atoms with van der Waals surface area (Å²) in [6.07, 6.45) is 1.60. The van der Waals surface area contributed by atoms with Crippen LogP contribution < -0.4 is 10.1 Å². The standard InChI is InChI=1S/C16H14ClN3O2/c17-15-9-11-8-13(20-14(11)10-19-15)16(21)18-6-7-22-12-4-2-1-3-5-12/h1-5,8-10,20H,6-7H2,(H,18,21). The molecular formula is C16H14ClN3O2. The van der Waals surface area contributed by atoms with Crippen LogP contribution in [-0.4, -0.2) is 29.0 Å². The highest BCUT2D eigenvalue weighted by atomic mass is 35.5. The Morgan fingerprint density at radius 1 is 1.27 bits per heavy atom. The number of pyridine rings is 1. The predicted octanol–water partition coefficient (Wildman–Crippen LogP) is 3.03. The number of ether oxygens (including phenoxy) is 1. The first-order valence-electron chi connectivity index (χ1n) is 6.83. The normalized spacial score (nSPS) is 10.6. The molecule has 0 saturated carbocycles. The monoisotopic (exact) mass is 315 g/mol. The Hall–Kier alpha value is -2.53. The van der Waals surface area contributed by atoms with Crippen molar-refractivity contribution in [2.45, 2.75) is 0 Å². The van der Waals surface area contributed by atoms with Crippen LogP contribution in [0.25, 0.3) is 10.9 Å². The minimum Gasteiger partial charge on any atom is -0.492 e. The van der Waals surface area contributed by atoms with Gasteiger partial charge in [-0.25, -0.2) is 4.98 Å². The van der Waals surface area contributed by atoms with Crippen molar-refractivity contribution in [3.8, 4) is 5.75 Å². The van der Waals surface area contributed by atoms with Crippen molar-refractivity contribution >= 4 is 28.4 Å². The van der Waals surface area contributed by atoms with Crippen LogP contribution in [0.5, 0.6) is 5.75 Å². The Kier molecular flexibility index (Phi) is 4.25. The van der Waals surface area contributed by atoms with Gasteiger partial charge in [-0.1, -0.05) is 29.8 Å². The van der Waals surface area contributed by atoms with Crippen molar-refractivity contribution in [3.05, 3.63) is 59.5 Å². The fourth-order valence-electron chi connectivity index (χ4n) is 2.07. The highest BCUT2D eigenvalue weighted by Gasteiger charge is 2.09. The van der Waals surface area contributed by atoms with Crippen molar-refractivity contribution in [3.63, 3.8) is 0 Å². The lowest BCUT2D eigenvalue weighted by Crippen LogP contribution is -2.28. The number of fused-ring (bicyclic) bond motifs is 1. The van der Waals surface area contributed by atoms with Gasteiger partial charge in [-0.2, -0.15) is 0 Å². The number of para-hydroxylation sites is 1. The van der Waals surface area contributed by atoms with Crippen LogP contribution in [0.2, 0.25) is 5.15 Å². The molecule has 2 aromatic heterocycles. The van der Waals surface area contributed by atoms with Gasteiger partial charge in [0.15, 0.2) is 0 Å². The number of benzene rings is 1. The summed E-state index contributed by atoms with van der Waals surface area (Å²) < 4.78 is 5.51. The van der Waals surface area contributed by atoms with Crippen LogP contribution in [0.4, 0.5) is 0 Å². The van der Waals surface area contributed by atoms with Crippen molar-refractivity contribution in [1.82, 2.24) is 15.3 Å². The molecule has 0 fully saturated rings. The maximum absolute atomic E-state index is 12.1. The molecular weight excluding hydrogens is 302 g/mol. The number of aromatic nitrogens is 2. The summed E-state index contributed by atoms with van der Waals surface area (Å²) in [5.41, 5.74) is 1.24. The molecule has 0 aliphatic carbocycles. The molecule has 0 unspecified atom stereocenters. The number of aromatic amines is 1. The van der Waals surface area contributed by atoms with Gasteiger partial charge in [0.2, 0.25) is 0 Å². The predicted molar refractivity (Wildman–Crippen MR) is 85.4 cm³/mol. The number of carbonyl (C=O) groups excluding carboxylic acids is 1. The molecule has 0 atom stereocenters. The molecule has 2 heterocycles. The lowest BCUT2D eigenvalue weighted by Gasteiger charge is -2.06. The van der Waals surface area contributed by atoms with Gasteiger partial charge in [-0.05, 0) is 24.3 Å². The summed E-state index contributed by atoms with van der Waals surface area (Å²) >= 11 is 5.83. The average molecular weight is 316 g/mol. The van der Waals surface area contributed by atoms with E-state index in [0.717, 1.165) is 16.7 Å². The number of hydrogen-bond donors (Lipinski definition) is 2. The first kappa shape index (κ1) is 14.4. The third-order valence-corrected chi connectivity index (χ3v) is 3.32. The second-order valence-electron chi connectivity index (χ2n) is 4.69. The van der Waals surface area contributed by atoms with E-state index in [1.54, 1.807) is 18.3 Å². The highest BCUT2D eigenvalue weighted by molar-refractivity contribution is 6.30. The Bertz CT molecular complexity index is 786. The lowest BCUT2D eigenvalue weighted by molar-refractivity contribution is 0.0943. The zero-order valence-corrected chi connectivity index (χ0v) is 12.4.